The molecular weight excluding hydrogens is 281 g/mol. The Morgan fingerprint density at radius 3 is 2.74 bits per heavy atom. The number of aryl methyl sites for hydroxylation is 1. The van der Waals surface area contributed by atoms with Crippen molar-refractivity contribution in [3.63, 3.8) is 0 Å². The maximum Gasteiger partial charge on any atom is 0.145 e. The van der Waals surface area contributed by atoms with Gasteiger partial charge in [0.25, 0.3) is 0 Å². The van der Waals surface area contributed by atoms with E-state index < -0.39 is 0 Å². The number of hydrogen-bond donors (Lipinski definition) is 1. The normalized spacial score (nSPS) is 12.6. The van der Waals surface area contributed by atoms with Crippen molar-refractivity contribution in [2.24, 2.45) is 0 Å². The second-order valence-electron chi connectivity index (χ2n) is 4.42. The Labute approximate surface area is 122 Å². The molecule has 4 heteroatoms. The van der Waals surface area contributed by atoms with Crippen LogP contribution in [0, 0.1) is 5.82 Å². The molecule has 0 aliphatic rings. The lowest BCUT2D eigenvalue weighted by Gasteiger charge is -2.15. The SMILES string of the molecule is CCc1ccc(C(Cc2cccc(Cl)c2F)NC)s1. The van der Waals surface area contributed by atoms with Crippen molar-refractivity contribution in [3.8, 4) is 0 Å². The molecule has 1 aromatic heterocycles. The minimum absolute atomic E-state index is 0.123. The summed E-state index contributed by atoms with van der Waals surface area (Å²) in [5, 5.41) is 3.44. The summed E-state index contributed by atoms with van der Waals surface area (Å²) in [5.41, 5.74) is 0.651. The largest absolute Gasteiger partial charge is 0.312 e. The first-order chi connectivity index (χ1) is 9.15. The van der Waals surface area contributed by atoms with Crippen molar-refractivity contribution < 1.29 is 4.39 Å². The van der Waals surface area contributed by atoms with Crippen LogP contribution in [-0.4, -0.2) is 7.05 Å². The van der Waals surface area contributed by atoms with Gasteiger partial charge in [-0.25, -0.2) is 4.39 Å². The summed E-state index contributed by atoms with van der Waals surface area (Å²) in [7, 11) is 1.90. The zero-order valence-electron chi connectivity index (χ0n) is 11.0. The molecule has 102 valence electrons. The van der Waals surface area contributed by atoms with E-state index in [1.165, 1.54) is 9.75 Å². The highest BCUT2D eigenvalue weighted by Gasteiger charge is 2.15. The molecule has 0 bridgehead atoms. The highest BCUT2D eigenvalue weighted by molar-refractivity contribution is 7.12. The van der Waals surface area contributed by atoms with E-state index in [2.05, 4.69) is 24.4 Å². The van der Waals surface area contributed by atoms with Crippen LogP contribution in [-0.2, 0) is 12.8 Å². The Balaban J connectivity index is 2.21. The van der Waals surface area contributed by atoms with Gasteiger partial charge in [-0.15, -0.1) is 11.3 Å². The summed E-state index contributed by atoms with van der Waals surface area (Å²) in [5.74, 6) is -0.309. The summed E-state index contributed by atoms with van der Waals surface area (Å²) in [6.45, 7) is 2.14. The van der Waals surface area contributed by atoms with Crippen molar-refractivity contribution >= 4 is 22.9 Å². The number of hydrogen-bond acceptors (Lipinski definition) is 2. The van der Waals surface area contributed by atoms with Gasteiger partial charge in [0.05, 0.1) is 5.02 Å². The minimum atomic E-state index is -0.309. The van der Waals surface area contributed by atoms with Crippen molar-refractivity contribution in [1.29, 1.82) is 0 Å². The van der Waals surface area contributed by atoms with Crippen molar-refractivity contribution in [2.75, 3.05) is 7.05 Å². The number of thiophene rings is 1. The van der Waals surface area contributed by atoms with E-state index in [4.69, 9.17) is 11.6 Å². The Kier molecular flexibility index (Phi) is 4.97. The molecule has 0 aliphatic heterocycles. The molecule has 2 aromatic rings. The first-order valence-corrected chi connectivity index (χ1v) is 7.54. The van der Waals surface area contributed by atoms with Crippen LogP contribution in [0.25, 0.3) is 0 Å². The van der Waals surface area contributed by atoms with Gasteiger partial charge in [-0.3, -0.25) is 0 Å². The Morgan fingerprint density at radius 2 is 2.11 bits per heavy atom. The molecule has 19 heavy (non-hydrogen) atoms. The molecule has 0 fully saturated rings. The molecule has 1 unspecified atom stereocenters. The van der Waals surface area contributed by atoms with Crippen LogP contribution in [0.15, 0.2) is 30.3 Å². The zero-order chi connectivity index (χ0) is 13.8. The van der Waals surface area contributed by atoms with Gasteiger partial charge in [0.2, 0.25) is 0 Å². The van der Waals surface area contributed by atoms with Gasteiger partial charge in [-0.05, 0) is 43.7 Å². The monoisotopic (exact) mass is 297 g/mol. The second kappa shape index (κ2) is 6.51. The van der Waals surface area contributed by atoms with E-state index in [0.29, 0.717) is 12.0 Å². The lowest BCUT2D eigenvalue weighted by atomic mass is 10.0. The average molecular weight is 298 g/mol. The molecule has 0 radical (unpaired) electrons. The fourth-order valence-corrected chi connectivity index (χ4v) is 3.30. The number of halogens is 2. The molecule has 1 heterocycles. The van der Waals surface area contributed by atoms with E-state index in [0.717, 1.165) is 6.42 Å². The fourth-order valence-electron chi connectivity index (χ4n) is 2.04. The topological polar surface area (TPSA) is 12.0 Å². The highest BCUT2D eigenvalue weighted by Crippen LogP contribution is 2.28. The highest BCUT2D eigenvalue weighted by atomic mass is 35.5. The number of nitrogens with one attached hydrogen (secondary N) is 1. The lowest BCUT2D eigenvalue weighted by molar-refractivity contribution is 0.560. The molecule has 0 saturated heterocycles. The quantitative estimate of drug-likeness (QED) is 0.850. The maximum atomic E-state index is 13.9. The van der Waals surface area contributed by atoms with Gasteiger partial charge in [0.15, 0.2) is 0 Å². The van der Waals surface area contributed by atoms with Gasteiger partial charge in [0.1, 0.15) is 5.82 Å². The summed E-state index contributed by atoms with van der Waals surface area (Å²) in [6, 6.07) is 9.54. The Hall–Kier alpha value is -0.900. The summed E-state index contributed by atoms with van der Waals surface area (Å²) >= 11 is 7.60. The first-order valence-electron chi connectivity index (χ1n) is 6.34. The number of benzene rings is 1. The third-order valence-corrected chi connectivity index (χ3v) is 4.81. The van der Waals surface area contributed by atoms with Crippen molar-refractivity contribution in [3.05, 3.63) is 56.5 Å². The van der Waals surface area contributed by atoms with E-state index in [1.54, 1.807) is 29.5 Å². The molecular formula is C15H17ClFNS. The lowest BCUT2D eigenvalue weighted by Crippen LogP contribution is -2.18. The van der Waals surface area contributed by atoms with E-state index >= 15 is 0 Å². The third kappa shape index (κ3) is 3.35. The van der Waals surface area contributed by atoms with Crippen LogP contribution in [0.4, 0.5) is 4.39 Å². The smallest absolute Gasteiger partial charge is 0.145 e. The van der Waals surface area contributed by atoms with Gasteiger partial charge in [-0.2, -0.15) is 0 Å². The molecule has 0 amide bonds. The number of likely N-dealkylation sites (N-methyl/N-ethyl adjacent to an activating group) is 1. The van der Waals surface area contributed by atoms with Gasteiger partial charge < -0.3 is 5.32 Å². The van der Waals surface area contributed by atoms with Crippen LogP contribution < -0.4 is 5.32 Å². The second-order valence-corrected chi connectivity index (χ2v) is 6.02. The summed E-state index contributed by atoms with van der Waals surface area (Å²) < 4.78 is 13.9. The van der Waals surface area contributed by atoms with E-state index in [9.17, 15) is 4.39 Å². The molecule has 2 rings (SSSR count). The molecule has 1 N–H and O–H groups in total. The van der Waals surface area contributed by atoms with Gasteiger partial charge in [-0.1, -0.05) is 30.7 Å². The van der Waals surface area contributed by atoms with Crippen molar-refractivity contribution in [1.82, 2.24) is 5.32 Å². The zero-order valence-corrected chi connectivity index (χ0v) is 12.6. The predicted molar refractivity (Wildman–Crippen MR) is 80.6 cm³/mol. The third-order valence-electron chi connectivity index (χ3n) is 3.18. The van der Waals surface area contributed by atoms with Crippen LogP contribution in [0.3, 0.4) is 0 Å². The van der Waals surface area contributed by atoms with Crippen LogP contribution in [0.2, 0.25) is 5.02 Å². The van der Waals surface area contributed by atoms with Gasteiger partial charge in [0, 0.05) is 15.8 Å². The molecule has 1 nitrogen and oxygen atoms in total. The molecule has 0 saturated carbocycles. The Morgan fingerprint density at radius 1 is 1.32 bits per heavy atom. The molecule has 1 atom stereocenters. The average Bonchev–Trinajstić information content (AvgIpc) is 2.89. The predicted octanol–water partition coefficient (Wildman–Crippen LogP) is 4.61. The first kappa shape index (κ1) is 14.5. The van der Waals surface area contributed by atoms with Gasteiger partial charge >= 0.3 is 0 Å². The Bertz CT molecular complexity index is 553. The van der Waals surface area contributed by atoms with Crippen molar-refractivity contribution in [2.45, 2.75) is 25.8 Å². The molecule has 1 aromatic carbocycles. The van der Waals surface area contributed by atoms with Crippen LogP contribution in [0.1, 0.15) is 28.3 Å². The van der Waals surface area contributed by atoms with E-state index in [1.807, 2.05) is 7.05 Å². The molecule has 0 spiro atoms. The number of rotatable bonds is 5. The fraction of sp³-hybridized carbons (Fsp3) is 0.333. The molecule has 0 aliphatic carbocycles. The van der Waals surface area contributed by atoms with E-state index in [-0.39, 0.29) is 16.9 Å². The van der Waals surface area contributed by atoms with Crippen LogP contribution >= 0.6 is 22.9 Å². The standard InChI is InChI=1S/C15H17ClFNS/c1-3-11-7-8-14(19-11)13(18-2)9-10-5-4-6-12(16)15(10)17/h4-8,13,18H,3,9H2,1-2H3. The van der Waals surface area contributed by atoms with Crippen LogP contribution in [0.5, 0.6) is 0 Å². The minimum Gasteiger partial charge on any atom is -0.312 e. The summed E-state index contributed by atoms with van der Waals surface area (Å²) in [4.78, 5) is 2.58. The summed E-state index contributed by atoms with van der Waals surface area (Å²) in [6.07, 6.45) is 1.64. The maximum absolute atomic E-state index is 13.9.